The summed E-state index contributed by atoms with van der Waals surface area (Å²) < 4.78 is 0.925. The third-order valence-corrected chi connectivity index (χ3v) is 3.05. The van der Waals surface area contributed by atoms with Crippen molar-refractivity contribution in [1.29, 1.82) is 0 Å². The van der Waals surface area contributed by atoms with Crippen LogP contribution in [0.1, 0.15) is 25.1 Å². The lowest BCUT2D eigenvalue weighted by Crippen LogP contribution is -1.98. The van der Waals surface area contributed by atoms with Gasteiger partial charge in [-0.25, -0.2) is 4.98 Å². The van der Waals surface area contributed by atoms with Crippen LogP contribution < -0.4 is 5.73 Å². The maximum atomic E-state index is 5.46. The van der Waals surface area contributed by atoms with E-state index in [1.54, 1.807) is 12.4 Å². The lowest BCUT2D eigenvalue weighted by Gasteiger charge is -1.96. The number of nitrogens with two attached hydrogens (primary N) is 1. The number of aryl methyl sites for hydroxylation is 1. The summed E-state index contributed by atoms with van der Waals surface area (Å²) in [5.74, 6) is 1.61. The Balaban J connectivity index is 1.97. The molecule has 0 bridgehead atoms. The number of H-pyrrole nitrogens is 1. The quantitative estimate of drug-likeness (QED) is 0.802. The lowest BCUT2D eigenvalue weighted by molar-refractivity contribution is 0.670. The summed E-state index contributed by atoms with van der Waals surface area (Å²) in [7, 11) is 0. The maximum Gasteiger partial charge on any atom is 0.182 e. The van der Waals surface area contributed by atoms with Gasteiger partial charge in [0.05, 0.1) is 0 Å². The summed E-state index contributed by atoms with van der Waals surface area (Å²) in [6.45, 7) is 0.755. The Kier molecular flexibility index (Phi) is 4.83. The number of unbranched alkanes of at least 4 members (excludes halogenated alkanes) is 2. The van der Waals surface area contributed by atoms with Crippen molar-refractivity contribution >= 4 is 15.9 Å². The van der Waals surface area contributed by atoms with Crippen molar-refractivity contribution in [3.05, 3.63) is 28.8 Å². The average molecular weight is 310 g/mol. The highest BCUT2D eigenvalue weighted by molar-refractivity contribution is 9.10. The van der Waals surface area contributed by atoms with Crippen molar-refractivity contribution in [3.8, 4) is 11.4 Å². The molecule has 0 unspecified atom stereocenters. The Labute approximate surface area is 114 Å². The maximum absolute atomic E-state index is 5.46. The van der Waals surface area contributed by atoms with Crippen LogP contribution in [0.3, 0.4) is 0 Å². The molecule has 0 atom stereocenters. The highest BCUT2D eigenvalue weighted by atomic mass is 79.9. The molecule has 0 aliphatic heterocycles. The first-order valence-corrected chi connectivity index (χ1v) is 6.81. The van der Waals surface area contributed by atoms with Gasteiger partial charge in [-0.2, -0.15) is 5.10 Å². The number of aromatic nitrogens is 4. The van der Waals surface area contributed by atoms with E-state index in [0.29, 0.717) is 5.82 Å². The van der Waals surface area contributed by atoms with Crippen LogP contribution in [0.15, 0.2) is 22.9 Å². The van der Waals surface area contributed by atoms with E-state index in [1.165, 1.54) is 0 Å². The number of aromatic amines is 1. The van der Waals surface area contributed by atoms with Crippen LogP contribution in [-0.2, 0) is 6.42 Å². The molecule has 0 aliphatic rings. The van der Waals surface area contributed by atoms with Crippen molar-refractivity contribution in [2.24, 2.45) is 5.73 Å². The minimum absolute atomic E-state index is 0.692. The largest absolute Gasteiger partial charge is 0.330 e. The molecule has 3 N–H and O–H groups in total. The summed E-state index contributed by atoms with van der Waals surface area (Å²) in [6.07, 6.45) is 7.69. The Morgan fingerprint density at radius 2 is 2.11 bits per heavy atom. The Bertz CT molecular complexity index is 497. The molecule has 0 aromatic carbocycles. The molecule has 0 fully saturated rings. The van der Waals surface area contributed by atoms with Crippen molar-refractivity contribution in [2.75, 3.05) is 6.54 Å². The highest BCUT2D eigenvalue weighted by Gasteiger charge is 2.06. The van der Waals surface area contributed by atoms with Crippen molar-refractivity contribution in [3.63, 3.8) is 0 Å². The zero-order chi connectivity index (χ0) is 12.8. The van der Waals surface area contributed by atoms with Crippen LogP contribution in [-0.4, -0.2) is 26.7 Å². The molecule has 0 amide bonds. The molecule has 5 nitrogen and oxygen atoms in total. The Morgan fingerprint density at radius 3 is 2.89 bits per heavy atom. The second-order valence-electron chi connectivity index (χ2n) is 4.10. The second-order valence-corrected chi connectivity index (χ2v) is 5.01. The number of rotatable bonds is 6. The molecule has 0 radical (unpaired) electrons. The van der Waals surface area contributed by atoms with Gasteiger partial charge in [-0.1, -0.05) is 6.42 Å². The van der Waals surface area contributed by atoms with Crippen LogP contribution in [0.4, 0.5) is 0 Å². The van der Waals surface area contributed by atoms with Crippen LogP contribution in [0, 0.1) is 0 Å². The minimum Gasteiger partial charge on any atom is -0.330 e. The summed E-state index contributed by atoms with van der Waals surface area (Å²) in [5.41, 5.74) is 6.37. The van der Waals surface area contributed by atoms with E-state index in [0.717, 1.165) is 48.1 Å². The van der Waals surface area contributed by atoms with Crippen LogP contribution in [0.2, 0.25) is 0 Å². The molecule has 96 valence electrons. The monoisotopic (exact) mass is 309 g/mol. The molecular weight excluding hydrogens is 294 g/mol. The van der Waals surface area contributed by atoms with Gasteiger partial charge in [0.1, 0.15) is 5.82 Å². The minimum atomic E-state index is 0.692. The molecule has 2 aromatic heterocycles. The highest BCUT2D eigenvalue weighted by Crippen LogP contribution is 2.18. The number of pyridine rings is 1. The number of nitrogens with zero attached hydrogens (tertiary/aromatic N) is 3. The van der Waals surface area contributed by atoms with Crippen molar-refractivity contribution in [2.45, 2.75) is 25.7 Å². The first-order valence-electron chi connectivity index (χ1n) is 6.02. The van der Waals surface area contributed by atoms with E-state index in [-0.39, 0.29) is 0 Å². The van der Waals surface area contributed by atoms with Crippen LogP contribution in [0.25, 0.3) is 11.4 Å². The fourth-order valence-corrected chi connectivity index (χ4v) is 2.05. The average Bonchev–Trinajstić information content (AvgIpc) is 2.83. The van der Waals surface area contributed by atoms with E-state index < -0.39 is 0 Å². The molecule has 0 saturated carbocycles. The van der Waals surface area contributed by atoms with Gasteiger partial charge in [-0.15, -0.1) is 0 Å². The molecule has 0 aliphatic carbocycles. The molecular formula is C12H16BrN5. The van der Waals surface area contributed by atoms with Gasteiger partial charge in [0.25, 0.3) is 0 Å². The molecule has 18 heavy (non-hydrogen) atoms. The summed E-state index contributed by atoms with van der Waals surface area (Å²) in [6, 6.07) is 1.95. The fraction of sp³-hybridized carbons (Fsp3) is 0.417. The standard InChI is InChI=1S/C12H16BrN5/c13-10-6-9(7-15-8-10)12-16-11(17-18-12)4-2-1-3-5-14/h6-8H,1-5,14H2,(H,16,17,18). The first-order chi connectivity index (χ1) is 8.79. The van der Waals surface area contributed by atoms with Gasteiger partial charge in [-0.3, -0.25) is 10.1 Å². The second kappa shape index (κ2) is 6.61. The zero-order valence-corrected chi connectivity index (χ0v) is 11.7. The van der Waals surface area contributed by atoms with E-state index in [4.69, 9.17) is 5.73 Å². The van der Waals surface area contributed by atoms with E-state index in [2.05, 4.69) is 36.1 Å². The number of nitrogens with one attached hydrogen (secondary N) is 1. The van der Waals surface area contributed by atoms with Crippen molar-refractivity contribution < 1.29 is 0 Å². The first kappa shape index (κ1) is 13.2. The van der Waals surface area contributed by atoms with E-state index in [9.17, 15) is 0 Å². The summed E-state index contributed by atoms with van der Waals surface area (Å²) in [4.78, 5) is 8.56. The van der Waals surface area contributed by atoms with Gasteiger partial charge in [0.2, 0.25) is 0 Å². The normalized spacial score (nSPS) is 10.8. The van der Waals surface area contributed by atoms with E-state index in [1.807, 2.05) is 6.07 Å². The number of halogens is 1. The molecule has 0 saturated heterocycles. The molecule has 2 heterocycles. The molecule has 6 heteroatoms. The molecule has 0 spiro atoms. The van der Waals surface area contributed by atoms with Gasteiger partial charge < -0.3 is 5.73 Å². The van der Waals surface area contributed by atoms with E-state index >= 15 is 0 Å². The van der Waals surface area contributed by atoms with Gasteiger partial charge in [0.15, 0.2) is 5.82 Å². The Morgan fingerprint density at radius 1 is 1.22 bits per heavy atom. The molecule has 2 aromatic rings. The SMILES string of the molecule is NCCCCCc1nc(-c2cncc(Br)c2)n[nH]1. The summed E-state index contributed by atoms with van der Waals surface area (Å²) >= 11 is 3.39. The van der Waals surface area contributed by atoms with Crippen LogP contribution in [0.5, 0.6) is 0 Å². The predicted molar refractivity (Wildman–Crippen MR) is 73.9 cm³/mol. The lowest BCUT2D eigenvalue weighted by atomic mass is 10.2. The van der Waals surface area contributed by atoms with Gasteiger partial charge in [-0.05, 0) is 41.4 Å². The van der Waals surface area contributed by atoms with Crippen LogP contribution >= 0.6 is 15.9 Å². The van der Waals surface area contributed by atoms with Crippen molar-refractivity contribution in [1.82, 2.24) is 20.2 Å². The fourth-order valence-electron chi connectivity index (χ4n) is 1.68. The molecule has 2 rings (SSSR count). The third-order valence-electron chi connectivity index (χ3n) is 2.61. The number of hydrogen-bond donors (Lipinski definition) is 2. The van der Waals surface area contributed by atoms with Gasteiger partial charge in [0, 0.05) is 28.9 Å². The smallest absolute Gasteiger partial charge is 0.182 e. The number of hydrogen-bond acceptors (Lipinski definition) is 4. The predicted octanol–water partition coefficient (Wildman–Crippen LogP) is 2.30. The topological polar surface area (TPSA) is 80.5 Å². The zero-order valence-electron chi connectivity index (χ0n) is 10.1. The van der Waals surface area contributed by atoms with Gasteiger partial charge >= 0.3 is 0 Å². The third kappa shape index (κ3) is 3.61. The summed E-state index contributed by atoms with van der Waals surface area (Å²) in [5, 5.41) is 7.17. The Hall–Kier alpha value is -1.27.